The lowest BCUT2D eigenvalue weighted by molar-refractivity contribution is -0.384. The number of benzene rings is 1. The average molecular weight is 290 g/mol. The van der Waals surface area contributed by atoms with Crippen LogP contribution in [0.3, 0.4) is 0 Å². The fourth-order valence-electron chi connectivity index (χ4n) is 2.14. The van der Waals surface area contributed by atoms with E-state index < -0.39 is 4.92 Å². The van der Waals surface area contributed by atoms with Gasteiger partial charge in [-0.05, 0) is 32.9 Å². The molecule has 7 nitrogen and oxygen atoms in total. The molecule has 1 N–H and O–H groups in total. The van der Waals surface area contributed by atoms with Gasteiger partial charge >= 0.3 is 5.69 Å². The predicted octanol–water partition coefficient (Wildman–Crippen LogP) is 3.17. The Morgan fingerprint density at radius 1 is 1.43 bits per heavy atom. The third-order valence-corrected chi connectivity index (χ3v) is 3.20. The molecule has 112 valence electrons. The molecule has 0 radical (unpaired) electrons. The van der Waals surface area contributed by atoms with Crippen LogP contribution >= 0.6 is 0 Å². The number of rotatable bonds is 5. The summed E-state index contributed by atoms with van der Waals surface area (Å²) in [5.41, 5.74) is 1.88. The number of nitrogens with zero attached hydrogens (tertiary/aromatic N) is 3. The van der Waals surface area contributed by atoms with E-state index in [0.717, 1.165) is 5.69 Å². The largest absolute Gasteiger partial charge is 0.446 e. The van der Waals surface area contributed by atoms with Crippen molar-refractivity contribution in [3.8, 4) is 11.5 Å². The molecule has 0 aliphatic rings. The van der Waals surface area contributed by atoms with Gasteiger partial charge in [-0.25, -0.2) is 0 Å². The van der Waals surface area contributed by atoms with E-state index in [1.165, 1.54) is 0 Å². The van der Waals surface area contributed by atoms with Crippen molar-refractivity contribution in [2.24, 2.45) is 7.05 Å². The summed E-state index contributed by atoms with van der Waals surface area (Å²) in [4.78, 5) is 10.9. The molecule has 0 saturated heterocycles. The summed E-state index contributed by atoms with van der Waals surface area (Å²) in [6, 6.07) is 4.98. The summed E-state index contributed by atoms with van der Waals surface area (Å²) in [5.74, 6) is 0.756. The van der Waals surface area contributed by atoms with E-state index >= 15 is 0 Å². The summed E-state index contributed by atoms with van der Waals surface area (Å²) in [7, 11) is 1.80. The normalized spacial score (nSPS) is 10.5. The van der Waals surface area contributed by atoms with E-state index in [2.05, 4.69) is 10.4 Å². The van der Waals surface area contributed by atoms with Crippen LogP contribution in [0.2, 0.25) is 0 Å². The lowest BCUT2D eigenvalue weighted by Crippen LogP contribution is -2.03. The predicted molar refractivity (Wildman–Crippen MR) is 80.0 cm³/mol. The molecule has 1 heterocycles. The highest BCUT2D eigenvalue weighted by atomic mass is 16.6. The molecule has 1 aromatic carbocycles. The molecule has 0 spiro atoms. The summed E-state index contributed by atoms with van der Waals surface area (Å²) < 4.78 is 7.46. The van der Waals surface area contributed by atoms with Gasteiger partial charge in [0.25, 0.3) is 0 Å². The van der Waals surface area contributed by atoms with Crippen LogP contribution in [0, 0.1) is 24.0 Å². The van der Waals surface area contributed by atoms with Crippen molar-refractivity contribution in [3.63, 3.8) is 0 Å². The number of hydrogen-bond acceptors (Lipinski definition) is 5. The standard InChI is InChI=1S/C14H18N4O3/c1-5-15-11-7-6-8-12(13(11)18(19)20)21-14-9(2)16-17(4)10(14)3/h6-8,15H,5H2,1-4H3. The maximum Gasteiger partial charge on any atom is 0.334 e. The Morgan fingerprint density at radius 2 is 2.14 bits per heavy atom. The first-order valence-corrected chi connectivity index (χ1v) is 6.65. The van der Waals surface area contributed by atoms with Crippen LogP contribution in [-0.2, 0) is 7.05 Å². The zero-order valence-electron chi connectivity index (χ0n) is 12.5. The van der Waals surface area contributed by atoms with Gasteiger partial charge in [-0.15, -0.1) is 0 Å². The molecule has 7 heteroatoms. The van der Waals surface area contributed by atoms with E-state index in [9.17, 15) is 10.1 Å². The van der Waals surface area contributed by atoms with Crippen molar-refractivity contribution in [2.45, 2.75) is 20.8 Å². The summed E-state index contributed by atoms with van der Waals surface area (Å²) >= 11 is 0. The Bertz CT molecular complexity index is 679. The highest BCUT2D eigenvalue weighted by Crippen LogP contribution is 2.38. The molecule has 1 aromatic heterocycles. The van der Waals surface area contributed by atoms with Gasteiger partial charge in [0.2, 0.25) is 5.75 Å². The Labute approximate surface area is 122 Å². The smallest absolute Gasteiger partial charge is 0.334 e. The number of nitrogens with one attached hydrogen (secondary N) is 1. The van der Waals surface area contributed by atoms with E-state index in [4.69, 9.17) is 4.74 Å². The Morgan fingerprint density at radius 3 is 2.67 bits per heavy atom. The van der Waals surface area contributed by atoms with Crippen LogP contribution in [0.15, 0.2) is 18.2 Å². The van der Waals surface area contributed by atoms with Crippen molar-refractivity contribution in [3.05, 3.63) is 39.7 Å². The lowest BCUT2D eigenvalue weighted by Gasteiger charge is -2.10. The molecular weight excluding hydrogens is 272 g/mol. The minimum atomic E-state index is -0.436. The van der Waals surface area contributed by atoms with E-state index in [-0.39, 0.29) is 11.4 Å². The van der Waals surface area contributed by atoms with Gasteiger partial charge in [-0.1, -0.05) is 6.07 Å². The molecule has 0 amide bonds. The van der Waals surface area contributed by atoms with Crippen LogP contribution in [0.1, 0.15) is 18.3 Å². The number of anilines is 1. The van der Waals surface area contributed by atoms with Crippen molar-refractivity contribution >= 4 is 11.4 Å². The number of hydrogen-bond donors (Lipinski definition) is 1. The highest BCUT2D eigenvalue weighted by molar-refractivity contribution is 5.69. The topological polar surface area (TPSA) is 82.2 Å². The molecule has 0 aliphatic carbocycles. The molecule has 0 atom stereocenters. The number of nitro groups is 1. The second kappa shape index (κ2) is 5.82. The molecule has 21 heavy (non-hydrogen) atoms. The molecule has 0 unspecified atom stereocenters. The Balaban J connectivity index is 2.49. The van der Waals surface area contributed by atoms with E-state index in [1.54, 1.807) is 29.9 Å². The third kappa shape index (κ3) is 2.81. The molecule has 2 aromatic rings. The lowest BCUT2D eigenvalue weighted by atomic mass is 10.2. The van der Waals surface area contributed by atoms with Gasteiger partial charge in [0.1, 0.15) is 11.4 Å². The van der Waals surface area contributed by atoms with Crippen molar-refractivity contribution in [1.29, 1.82) is 0 Å². The molecule has 0 bridgehead atoms. The summed E-state index contributed by atoms with van der Waals surface area (Å²) in [5, 5.41) is 18.6. The van der Waals surface area contributed by atoms with Crippen LogP contribution < -0.4 is 10.1 Å². The molecule has 0 saturated carbocycles. The fraction of sp³-hybridized carbons (Fsp3) is 0.357. The molecule has 0 aliphatic heterocycles. The van der Waals surface area contributed by atoms with Crippen molar-refractivity contribution in [2.75, 3.05) is 11.9 Å². The van der Waals surface area contributed by atoms with E-state index in [1.807, 2.05) is 20.8 Å². The first-order chi connectivity index (χ1) is 9.95. The average Bonchev–Trinajstić information content (AvgIpc) is 2.66. The van der Waals surface area contributed by atoms with Crippen LogP contribution in [-0.4, -0.2) is 21.2 Å². The minimum absolute atomic E-state index is 0.0676. The number of para-hydroxylation sites is 1. The minimum Gasteiger partial charge on any atom is -0.446 e. The van der Waals surface area contributed by atoms with Crippen LogP contribution in [0.5, 0.6) is 11.5 Å². The van der Waals surface area contributed by atoms with Gasteiger partial charge in [0, 0.05) is 13.6 Å². The van der Waals surface area contributed by atoms with Gasteiger partial charge in [0.15, 0.2) is 5.75 Å². The Kier molecular flexibility index (Phi) is 4.11. The number of nitro benzene ring substituents is 1. The Hall–Kier alpha value is -2.57. The van der Waals surface area contributed by atoms with E-state index in [0.29, 0.717) is 23.7 Å². The molecule has 0 fully saturated rings. The second-order valence-electron chi connectivity index (χ2n) is 4.67. The van der Waals surface area contributed by atoms with Crippen LogP contribution in [0.4, 0.5) is 11.4 Å². The van der Waals surface area contributed by atoms with Crippen LogP contribution in [0.25, 0.3) is 0 Å². The number of ether oxygens (including phenoxy) is 1. The van der Waals surface area contributed by atoms with Gasteiger partial charge in [0.05, 0.1) is 10.6 Å². The highest BCUT2D eigenvalue weighted by Gasteiger charge is 2.23. The van der Waals surface area contributed by atoms with Gasteiger partial charge < -0.3 is 10.1 Å². The summed E-state index contributed by atoms with van der Waals surface area (Å²) in [6.45, 7) is 6.14. The second-order valence-corrected chi connectivity index (χ2v) is 4.67. The molecular formula is C14H18N4O3. The van der Waals surface area contributed by atoms with Gasteiger partial charge in [-0.3, -0.25) is 14.8 Å². The maximum atomic E-state index is 11.3. The maximum absolute atomic E-state index is 11.3. The van der Waals surface area contributed by atoms with Crippen molar-refractivity contribution < 1.29 is 9.66 Å². The monoisotopic (exact) mass is 290 g/mol. The quantitative estimate of drug-likeness (QED) is 0.675. The molecule has 2 rings (SSSR count). The zero-order valence-corrected chi connectivity index (χ0v) is 12.5. The SMILES string of the molecule is CCNc1cccc(Oc2c(C)nn(C)c2C)c1[N+](=O)[O-]. The van der Waals surface area contributed by atoms with Crippen molar-refractivity contribution in [1.82, 2.24) is 9.78 Å². The number of aromatic nitrogens is 2. The van der Waals surface area contributed by atoms with Gasteiger partial charge in [-0.2, -0.15) is 5.10 Å². The fourth-order valence-corrected chi connectivity index (χ4v) is 2.14. The number of aryl methyl sites for hydroxylation is 2. The third-order valence-electron chi connectivity index (χ3n) is 3.20. The summed E-state index contributed by atoms with van der Waals surface area (Å²) in [6.07, 6.45) is 0. The first kappa shape index (κ1) is 14.8. The zero-order chi connectivity index (χ0) is 15.6. The first-order valence-electron chi connectivity index (χ1n) is 6.65.